The van der Waals surface area contributed by atoms with Crippen LogP contribution in [0.3, 0.4) is 0 Å². The van der Waals surface area contributed by atoms with Crippen molar-refractivity contribution in [2.24, 2.45) is 5.41 Å². The van der Waals surface area contributed by atoms with Gasteiger partial charge in [-0.25, -0.2) is 0 Å². The van der Waals surface area contributed by atoms with E-state index in [1.807, 2.05) is 18.3 Å². The summed E-state index contributed by atoms with van der Waals surface area (Å²) in [6.45, 7) is 2.52. The summed E-state index contributed by atoms with van der Waals surface area (Å²) in [6, 6.07) is 3.89. The standard InChI is InChI=1S/C16H22N2O3/c1-13(19)18-10-4-8-16(12-18,15(20)21)7-2-5-14-6-3-9-17-11-14/h3,6,9,11H,2,4-5,7-8,10,12H2,1H3,(H,20,21)/t16-/m0/s1. The van der Waals surface area contributed by atoms with Gasteiger partial charge < -0.3 is 10.0 Å². The zero-order chi connectivity index (χ0) is 15.3. The maximum atomic E-state index is 11.7. The molecule has 1 aromatic rings. The quantitative estimate of drug-likeness (QED) is 0.901. The molecule has 0 aromatic carbocycles. The SMILES string of the molecule is CC(=O)N1CCC[C@](CCCc2cccnc2)(C(=O)O)C1. The molecule has 2 rings (SSSR count). The van der Waals surface area contributed by atoms with Crippen LogP contribution in [-0.4, -0.2) is 40.0 Å². The first kappa shape index (κ1) is 15.5. The Morgan fingerprint density at radius 1 is 1.48 bits per heavy atom. The van der Waals surface area contributed by atoms with Gasteiger partial charge in [0.1, 0.15) is 0 Å². The highest BCUT2D eigenvalue weighted by atomic mass is 16.4. The van der Waals surface area contributed by atoms with E-state index < -0.39 is 11.4 Å². The van der Waals surface area contributed by atoms with Crippen LogP contribution in [0, 0.1) is 5.41 Å². The van der Waals surface area contributed by atoms with Gasteiger partial charge in [-0.05, 0) is 43.7 Å². The van der Waals surface area contributed by atoms with E-state index in [9.17, 15) is 14.7 Å². The fourth-order valence-electron chi connectivity index (χ4n) is 3.06. The van der Waals surface area contributed by atoms with Gasteiger partial charge in [0, 0.05) is 32.4 Å². The molecule has 1 aliphatic rings. The second-order valence-corrected chi connectivity index (χ2v) is 5.84. The Morgan fingerprint density at radius 2 is 2.29 bits per heavy atom. The van der Waals surface area contributed by atoms with Crippen LogP contribution in [0.15, 0.2) is 24.5 Å². The van der Waals surface area contributed by atoms with Crippen LogP contribution < -0.4 is 0 Å². The van der Waals surface area contributed by atoms with E-state index >= 15 is 0 Å². The van der Waals surface area contributed by atoms with Crippen LogP contribution in [0.4, 0.5) is 0 Å². The number of rotatable bonds is 5. The Labute approximate surface area is 125 Å². The third-order valence-electron chi connectivity index (χ3n) is 4.32. The highest BCUT2D eigenvalue weighted by molar-refractivity contribution is 5.78. The van der Waals surface area contributed by atoms with Crippen molar-refractivity contribution in [3.63, 3.8) is 0 Å². The van der Waals surface area contributed by atoms with Gasteiger partial charge in [-0.2, -0.15) is 0 Å². The van der Waals surface area contributed by atoms with Crippen molar-refractivity contribution in [3.8, 4) is 0 Å². The summed E-state index contributed by atoms with van der Waals surface area (Å²) in [7, 11) is 0. The van der Waals surface area contributed by atoms with Gasteiger partial charge in [-0.1, -0.05) is 6.07 Å². The predicted molar refractivity (Wildman–Crippen MR) is 78.7 cm³/mol. The van der Waals surface area contributed by atoms with E-state index in [0.717, 1.165) is 24.8 Å². The summed E-state index contributed by atoms with van der Waals surface area (Å²) in [6.07, 6.45) is 7.18. The molecule has 1 aromatic heterocycles. The highest BCUT2D eigenvalue weighted by Crippen LogP contribution is 2.35. The van der Waals surface area contributed by atoms with Gasteiger partial charge >= 0.3 is 5.97 Å². The molecule has 114 valence electrons. The maximum Gasteiger partial charge on any atom is 0.311 e. The van der Waals surface area contributed by atoms with Gasteiger partial charge in [0.05, 0.1) is 5.41 Å². The van der Waals surface area contributed by atoms with Gasteiger partial charge in [0.15, 0.2) is 0 Å². The lowest BCUT2D eigenvalue weighted by molar-refractivity contribution is -0.155. The number of likely N-dealkylation sites (tertiary alicyclic amines) is 1. The van der Waals surface area contributed by atoms with E-state index in [2.05, 4.69) is 4.98 Å². The summed E-state index contributed by atoms with van der Waals surface area (Å²) in [5.41, 5.74) is 0.337. The van der Waals surface area contributed by atoms with Gasteiger partial charge in [-0.3, -0.25) is 14.6 Å². The number of hydrogen-bond acceptors (Lipinski definition) is 3. The summed E-state index contributed by atoms with van der Waals surface area (Å²) in [4.78, 5) is 29.0. The average Bonchev–Trinajstić information content (AvgIpc) is 2.48. The Morgan fingerprint density at radius 3 is 2.90 bits per heavy atom. The first-order chi connectivity index (χ1) is 10.0. The van der Waals surface area contributed by atoms with E-state index in [0.29, 0.717) is 25.9 Å². The van der Waals surface area contributed by atoms with Crippen LogP contribution in [-0.2, 0) is 16.0 Å². The molecule has 2 heterocycles. The molecule has 0 spiro atoms. The lowest BCUT2D eigenvalue weighted by Gasteiger charge is -2.39. The normalized spacial score (nSPS) is 22.0. The number of aliphatic carboxylic acids is 1. The molecular weight excluding hydrogens is 268 g/mol. The van der Waals surface area contributed by atoms with Crippen molar-refractivity contribution in [2.45, 2.75) is 39.0 Å². The first-order valence-electron chi connectivity index (χ1n) is 7.41. The molecule has 1 fully saturated rings. The molecule has 0 radical (unpaired) electrons. The minimum atomic E-state index is -0.786. The Balaban J connectivity index is 1.98. The number of pyridine rings is 1. The topological polar surface area (TPSA) is 70.5 Å². The second-order valence-electron chi connectivity index (χ2n) is 5.84. The molecule has 1 amide bonds. The molecule has 5 heteroatoms. The molecule has 0 saturated carbocycles. The van der Waals surface area contributed by atoms with E-state index in [-0.39, 0.29) is 5.91 Å². The number of aromatic nitrogens is 1. The van der Waals surface area contributed by atoms with Crippen LogP contribution >= 0.6 is 0 Å². The van der Waals surface area contributed by atoms with E-state index in [1.54, 1.807) is 11.1 Å². The van der Waals surface area contributed by atoms with Crippen molar-refractivity contribution in [3.05, 3.63) is 30.1 Å². The minimum Gasteiger partial charge on any atom is -0.481 e. The van der Waals surface area contributed by atoms with Crippen molar-refractivity contribution in [1.29, 1.82) is 0 Å². The van der Waals surface area contributed by atoms with Gasteiger partial charge in [0.25, 0.3) is 0 Å². The van der Waals surface area contributed by atoms with Gasteiger partial charge in [-0.15, -0.1) is 0 Å². The molecule has 5 nitrogen and oxygen atoms in total. The number of hydrogen-bond donors (Lipinski definition) is 1. The number of carboxylic acid groups (broad SMARTS) is 1. The van der Waals surface area contributed by atoms with Crippen LogP contribution in [0.2, 0.25) is 0 Å². The van der Waals surface area contributed by atoms with E-state index in [1.165, 1.54) is 6.92 Å². The zero-order valence-corrected chi connectivity index (χ0v) is 12.4. The average molecular weight is 290 g/mol. The summed E-state index contributed by atoms with van der Waals surface area (Å²) in [5.74, 6) is -0.813. The van der Waals surface area contributed by atoms with Crippen molar-refractivity contribution >= 4 is 11.9 Å². The van der Waals surface area contributed by atoms with Crippen LogP contribution in [0.1, 0.15) is 38.2 Å². The zero-order valence-electron chi connectivity index (χ0n) is 12.4. The maximum absolute atomic E-state index is 11.7. The number of amides is 1. The second kappa shape index (κ2) is 6.70. The van der Waals surface area contributed by atoms with Crippen molar-refractivity contribution in [1.82, 2.24) is 9.88 Å². The number of nitrogens with zero attached hydrogens (tertiary/aromatic N) is 2. The molecule has 0 aliphatic carbocycles. The first-order valence-corrected chi connectivity index (χ1v) is 7.41. The monoisotopic (exact) mass is 290 g/mol. The molecule has 1 saturated heterocycles. The van der Waals surface area contributed by atoms with Crippen LogP contribution in [0.5, 0.6) is 0 Å². The molecule has 1 N–H and O–H groups in total. The van der Waals surface area contributed by atoms with E-state index in [4.69, 9.17) is 0 Å². The smallest absolute Gasteiger partial charge is 0.311 e. The molecule has 1 atom stereocenters. The third kappa shape index (κ3) is 3.80. The van der Waals surface area contributed by atoms with Gasteiger partial charge in [0.2, 0.25) is 5.91 Å². The fourth-order valence-corrected chi connectivity index (χ4v) is 3.06. The summed E-state index contributed by atoms with van der Waals surface area (Å²) in [5, 5.41) is 9.64. The lowest BCUT2D eigenvalue weighted by atomic mass is 9.75. The number of aryl methyl sites for hydroxylation is 1. The number of carbonyl (C=O) groups excluding carboxylic acids is 1. The number of carbonyl (C=O) groups is 2. The summed E-state index contributed by atoms with van der Waals surface area (Å²) >= 11 is 0. The van der Waals surface area contributed by atoms with Crippen LogP contribution in [0.25, 0.3) is 0 Å². The Kier molecular flexibility index (Phi) is 4.94. The molecular formula is C16H22N2O3. The fraction of sp³-hybridized carbons (Fsp3) is 0.562. The highest BCUT2D eigenvalue weighted by Gasteiger charge is 2.42. The molecule has 21 heavy (non-hydrogen) atoms. The Bertz CT molecular complexity index is 504. The number of carboxylic acids is 1. The molecule has 0 bridgehead atoms. The Hall–Kier alpha value is -1.91. The lowest BCUT2D eigenvalue weighted by Crippen LogP contribution is -2.49. The molecule has 1 aliphatic heterocycles. The van der Waals surface area contributed by atoms with Crippen molar-refractivity contribution < 1.29 is 14.7 Å². The number of piperidine rings is 1. The molecule has 0 unspecified atom stereocenters. The minimum absolute atomic E-state index is 0.0346. The predicted octanol–water partition coefficient (Wildman–Crippen LogP) is 2.12. The third-order valence-corrected chi connectivity index (χ3v) is 4.32. The summed E-state index contributed by atoms with van der Waals surface area (Å²) < 4.78 is 0. The van der Waals surface area contributed by atoms with Crippen molar-refractivity contribution in [2.75, 3.05) is 13.1 Å². The largest absolute Gasteiger partial charge is 0.481 e.